The first kappa shape index (κ1) is 10.7. The second-order valence-electron chi connectivity index (χ2n) is 4.07. The van der Waals surface area contributed by atoms with Crippen LogP contribution in [-0.2, 0) is 0 Å². The molecule has 0 aliphatic carbocycles. The Hall–Kier alpha value is -1.76. The number of anilines is 1. The molecule has 82 valence electrons. The van der Waals surface area contributed by atoms with Gasteiger partial charge in [0, 0.05) is 24.0 Å². The third-order valence-electron chi connectivity index (χ3n) is 2.84. The van der Waals surface area contributed by atoms with Gasteiger partial charge < -0.3 is 4.90 Å². The minimum Gasteiger partial charge on any atom is -0.321 e. The van der Waals surface area contributed by atoms with Gasteiger partial charge in [0.15, 0.2) is 0 Å². The Morgan fingerprint density at radius 3 is 2.81 bits per heavy atom. The van der Waals surface area contributed by atoms with Crippen molar-refractivity contribution < 1.29 is 0 Å². The fourth-order valence-corrected chi connectivity index (χ4v) is 1.90. The quantitative estimate of drug-likeness (QED) is 0.706. The van der Waals surface area contributed by atoms with E-state index in [1.54, 1.807) is 0 Å². The maximum atomic E-state index is 4.06. The van der Waals surface area contributed by atoms with Crippen LogP contribution in [0.5, 0.6) is 0 Å². The van der Waals surface area contributed by atoms with Crippen LogP contribution in [0.2, 0.25) is 0 Å². The smallest absolute Gasteiger partial charge is 0.0458 e. The van der Waals surface area contributed by atoms with Gasteiger partial charge >= 0.3 is 0 Å². The van der Waals surface area contributed by atoms with Gasteiger partial charge in [0.2, 0.25) is 0 Å². The highest BCUT2D eigenvalue weighted by Gasteiger charge is 2.11. The monoisotopic (exact) mass is 211 g/mol. The molecule has 0 fully saturated rings. The van der Waals surface area contributed by atoms with E-state index in [1.165, 1.54) is 16.8 Å². The van der Waals surface area contributed by atoms with E-state index < -0.39 is 0 Å². The molecule has 0 bridgehead atoms. The Bertz CT molecular complexity index is 466. The Balaban J connectivity index is 2.39. The van der Waals surface area contributed by atoms with Crippen molar-refractivity contribution in [1.82, 2.24) is 0 Å². The molecule has 0 radical (unpaired) electrons. The second-order valence-corrected chi connectivity index (χ2v) is 4.07. The van der Waals surface area contributed by atoms with E-state index in [-0.39, 0.29) is 0 Å². The van der Waals surface area contributed by atoms with Crippen molar-refractivity contribution in [2.24, 2.45) is 0 Å². The average Bonchev–Trinajstić information content (AvgIpc) is 2.68. The number of allylic oxidation sites excluding steroid dienone is 2. The summed E-state index contributed by atoms with van der Waals surface area (Å²) in [5, 5.41) is 0. The minimum atomic E-state index is 0.951. The predicted octanol–water partition coefficient (Wildman–Crippen LogP) is 4.27. The number of nitrogens with zero attached hydrogens (tertiary/aromatic N) is 1. The van der Waals surface area contributed by atoms with Crippen molar-refractivity contribution in [3.05, 3.63) is 60.0 Å². The molecule has 16 heavy (non-hydrogen) atoms. The first-order valence-corrected chi connectivity index (χ1v) is 5.59. The molecule has 0 saturated heterocycles. The zero-order valence-corrected chi connectivity index (χ0v) is 9.90. The number of hydrogen-bond acceptors (Lipinski definition) is 1. The molecule has 1 aromatic rings. The van der Waals surface area contributed by atoms with Crippen LogP contribution in [0.15, 0.2) is 48.8 Å². The van der Waals surface area contributed by atoms with E-state index in [2.05, 4.69) is 61.0 Å². The summed E-state index contributed by atoms with van der Waals surface area (Å²) in [6.45, 7) is 8.23. The van der Waals surface area contributed by atoms with E-state index >= 15 is 0 Å². The van der Waals surface area contributed by atoms with Crippen molar-refractivity contribution in [3.63, 3.8) is 0 Å². The zero-order valence-electron chi connectivity index (χ0n) is 9.90. The maximum Gasteiger partial charge on any atom is 0.0458 e. The fourth-order valence-electron chi connectivity index (χ4n) is 1.90. The molecule has 0 unspecified atom stereocenters. The van der Waals surface area contributed by atoms with E-state index in [0.717, 1.165) is 12.1 Å². The van der Waals surface area contributed by atoms with E-state index in [4.69, 9.17) is 0 Å². The molecular formula is C15H17N. The first-order valence-electron chi connectivity index (χ1n) is 5.59. The molecule has 1 heteroatoms. The summed E-state index contributed by atoms with van der Waals surface area (Å²) in [7, 11) is 0. The van der Waals surface area contributed by atoms with Crippen LogP contribution < -0.4 is 4.90 Å². The number of hydrogen-bond donors (Lipinski definition) is 0. The van der Waals surface area contributed by atoms with Gasteiger partial charge in [-0.1, -0.05) is 30.9 Å². The molecule has 0 N–H and O–H groups in total. The summed E-state index contributed by atoms with van der Waals surface area (Å²) in [6.07, 6.45) is 9.39. The molecule has 0 aromatic heterocycles. The Labute approximate surface area is 97.4 Å². The first-order chi connectivity index (χ1) is 7.72. The summed E-state index contributed by atoms with van der Waals surface area (Å²) < 4.78 is 0. The summed E-state index contributed by atoms with van der Waals surface area (Å²) in [5.41, 5.74) is 4.90. The summed E-state index contributed by atoms with van der Waals surface area (Å²) in [5.74, 6) is 0. The second kappa shape index (κ2) is 4.40. The van der Waals surface area contributed by atoms with Crippen LogP contribution in [-0.4, -0.2) is 0 Å². The lowest BCUT2D eigenvalue weighted by Crippen LogP contribution is -2.09. The van der Waals surface area contributed by atoms with Crippen molar-refractivity contribution in [2.75, 3.05) is 4.90 Å². The molecular weight excluding hydrogens is 194 g/mol. The molecule has 1 aromatic carbocycles. The molecule has 0 saturated carbocycles. The number of aryl methyl sites for hydroxylation is 1. The maximum absolute atomic E-state index is 4.06. The molecule has 1 aliphatic heterocycles. The lowest BCUT2D eigenvalue weighted by atomic mass is 10.1. The topological polar surface area (TPSA) is 3.24 Å². The number of rotatable bonds is 2. The Morgan fingerprint density at radius 2 is 2.19 bits per heavy atom. The Kier molecular flexibility index (Phi) is 2.95. The van der Waals surface area contributed by atoms with Crippen LogP contribution in [0.1, 0.15) is 24.5 Å². The van der Waals surface area contributed by atoms with Gasteiger partial charge in [-0.05, 0) is 37.1 Å². The van der Waals surface area contributed by atoms with Crippen molar-refractivity contribution in [3.8, 4) is 0 Å². The highest BCUT2D eigenvalue weighted by atomic mass is 15.1. The molecule has 0 spiro atoms. The molecule has 1 heterocycles. The Morgan fingerprint density at radius 1 is 1.38 bits per heavy atom. The summed E-state index contributed by atoms with van der Waals surface area (Å²) in [4.78, 5) is 2.15. The van der Waals surface area contributed by atoms with Gasteiger partial charge in [-0.15, -0.1) is 0 Å². The molecule has 0 amide bonds. The van der Waals surface area contributed by atoms with E-state index in [0.29, 0.717) is 0 Å². The highest BCUT2D eigenvalue weighted by Crippen LogP contribution is 2.27. The van der Waals surface area contributed by atoms with Crippen LogP contribution in [0.3, 0.4) is 0 Å². The number of benzene rings is 1. The van der Waals surface area contributed by atoms with Gasteiger partial charge in [-0.3, -0.25) is 0 Å². The summed E-state index contributed by atoms with van der Waals surface area (Å²) in [6, 6.07) is 6.50. The van der Waals surface area contributed by atoms with Gasteiger partial charge in [-0.2, -0.15) is 0 Å². The van der Waals surface area contributed by atoms with E-state index in [1.807, 2.05) is 6.92 Å². The van der Waals surface area contributed by atoms with Gasteiger partial charge in [0.05, 0.1) is 0 Å². The van der Waals surface area contributed by atoms with Gasteiger partial charge in [0.25, 0.3) is 0 Å². The standard InChI is InChI=1S/C15H17N/c1-4-6-14-11-15(9-8-12(14)2)16-10-5-7-13(16)3/h4-6,8-11H,3,7H2,1-2H3/b6-4-. The van der Waals surface area contributed by atoms with Crippen molar-refractivity contribution >= 4 is 11.8 Å². The zero-order chi connectivity index (χ0) is 11.5. The third kappa shape index (κ3) is 1.94. The average molecular weight is 211 g/mol. The predicted molar refractivity (Wildman–Crippen MR) is 71.3 cm³/mol. The highest BCUT2D eigenvalue weighted by molar-refractivity contribution is 5.65. The normalized spacial score (nSPS) is 15.4. The van der Waals surface area contributed by atoms with Crippen LogP contribution >= 0.6 is 0 Å². The van der Waals surface area contributed by atoms with Gasteiger partial charge in [-0.25, -0.2) is 0 Å². The lowest BCUT2D eigenvalue weighted by molar-refractivity contribution is 1.16. The molecule has 1 aliphatic rings. The van der Waals surface area contributed by atoms with Crippen LogP contribution in [0.4, 0.5) is 5.69 Å². The third-order valence-corrected chi connectivity index (χ3v) is 2.84. The summed E-state index contributed by atoms with van der Waals surface area (Å²) >= 11 is 0. The van der Waals surface area contributed by atoms with Gasteiger partial charge in [0.1, 0.15) is 0 Å². The van der Waals surface area contributed by atoms with Crippen molar-refractivity contribution in [1.29, 1.82) is 0 Å². The SMILES string of the molecule is C=C1CC=CN1c1ccc(C)c(/C=C\C)c1. The minimum absolute atomic E-state index is 0.951. The van der Waals surface area contributed by atoms with E-state index in [9.17, 15) is 0 Å². The van der Waals surface area contributed by atoms with Crippen LogP contribution in [0, 0.1) is 6.92 Å². The molecule has 0 atom stereocenters. The molecule has 2 rings (SSSR count). The lowest BCUT2D eigenvalue weighted by Gasteiger charge is -2.18. The van der Waals surface area contributed by atoms with Crippen molar-refractivity contribution in [2.45, 2.75) is 20.3 Å². The molecule has 1 nitrogen and oxygen atoms in total. The largest absolute Gasteiger partial charge is 0.321 e. The fraction of sp³-hybridized carbons (Fsp3) is 0.200. The van der Waals surface area contributed by atoms with Crippen LogP contribution in [0.25, 0.3) is 6.08 Å².